The molecule has 2 aliphatic rings. The first-order valence-corrected chi connectivity index (χ1v) is 9.57. The molecular formula is C14H29N3O2S. The van der Waals surface area contributed by atoms with Crippen molar-refractivity contribution in [3.8, 4) is 0 Å². The zero-order chi connectivity index (χ0) is 15.0. The third-order valence-corrected chi connectivity index (χ3v) is 7.10. The maximum Gasteiger partial charge on any atom is 0.152 e. The summed E-state index contributed by atoms with van der Waals surface area (Å²) in [6.07, 6.45) is 6.30. The number of piperidine rings is 1. The van der Waals surface area contributed by atoms with E-state index in [0.717, 1.165) is 38.8 Å². The predicted molar refractivity (Wildman–Crippen MR) is 82.6 cm³/mol. The van der Waals surface area contributed by atoms with Crippen molar-refractivity contribution in [2.75, 3.05) is 40.0 Å². The van der Waals surface area contributed by atoms with E-state index in [1.807, 2.05) is 0 Å². The molecule has 0 aromatic rings. The van der Waals surface area contributed by atoms with Crippen LogP contribution in [0.4, 0.5) is 0 Å². The molecule has 2 rings (SSSR count). The number of hydrogen-bond donors (Lipinski definition) is 1. The number of likely N-dealkylation sites (tertiary alicyclic amines) is 1. The van der Waals surface area contributed by atoms with E-state index in [2.05, 4.69) is 23.9 Å². The van der Waals surface area contributed by atoms with E-state index in [0.29, 0.717) is 12.6 Å². The average molecular weight is 303 g/mol. The summed E-state index contributed by atoms with van der Waals surface area (Å²) in [7, 11) is 1.17. The Morgan fingerprint density at radius 1 is 1.35 bits per heavy atom. The number of nitrogens with two attached hydrogens (primary N) is 1. The highest BCUT2D eigenvalue weighted by atomic mass is 32.2. The molecule has 0 bridgehead atoms. The fourth-order valence-corrected chi connectivity index (χ4v) is 6.01. The van der Waals surface area contributed by atoms with Gasteiger partial charge in [-0.15, -0.1) is 0 Å². The fourth-order valence-electron chi connectivity index (χ4n) is 4.24. The zero-order valence-corrected chi connectivity index (χ0v) is 13.8. The molecule has 1 aliphatic heterocycles. The van der Waals surface area contributed by atoms with Crippen LogP contribution in [0.2, 0.25) is 0 Å². The van der Waals surface area contributed by atoms with Gasteiger partial charge in [0.15, 0.2) is 9.84 Å². The molecule has 0 aromatic carbocycles. The van der Waals surface area contributed by atoms with Gasteiger partial charge < -0.3 is 10.6 Å². The third-order valence-electron chi connectivity index (χ3n) is 5.40. The Balaban J connectivity index is 2.25. The Morgan fingerprint density at radius 2 is 2.05 bits per heavy atom. The molecule has 1 saturated carbocycles. The Morgan fingerprint density at radius 3 is 2.60 bits per heavy atom. The molecule has 3 atom stereocenters. The van der Waals surface area contributed by atoms with Crippen LogP contribution in [0.1, 0.15) is 32.1 Å². The molecule has 1 aliphatic carbocycles. The minimum Gasteiger partial charge on any atom is -0.329 e. The van der Waals surface area contributed by atoms with Crippen LogP contribution in [-0.2, 0) is 9.84 Å². The summed E-state index contributed by atoms with van der Waals surface area (Å²) >= 11 is 0. The molecule has 0 spiro atoms. The summed E-state index contributed by atoms with van der Waals surface area (Å²) in [5, 5.41) is -0.308. The lowest BCUT2D eigenvalue weighted by Gasteiger charge is -2.48. The van der Waals surface area contributed by atoms with Crippen molar-refractivity contribution >= 4 is 9.84 Å². The van der Waals surface area contributed by atoms with E-state index in [9.17, 15) is 8.42 Å². The van der Waals surface area contributed by atoms with Gasteiger partial charge in [0, 0.05) is 30.9 Å². The first-order chi connectivity index (χ1) is 9.31. The topological polar surface area (TPSA) is 66.6 Å². The monoisotopic (exact) mass is 303 g/mol. The van der Waals surface area contributed by atoms with Crippen LogP contribution in [0.15, 0.2) is 0 Å². The van der Waals surface area contributed by atoms with Crippen molar-refractivity contribution < 1.29 is 8.42 Å². The Bertz CT molecular complexity index is 440. The molecule has 0 aromatic heterocycles. The van der Waals surface area contributed by atoms with Crippen molar-refractivity contribution in [2.24, 2.45) is 5.73 Å². The summed E-state index contributed by atoms with van der Waals surface area (Å²) in [5.41, 5.74) is 5.71. The highest BCUT2D eigenvalue weighted by Gasteiger charge is 2.51. The SMILES string of the molecule is CN1CCCC(N(C)C2(CN)CCCC2S(C)(=O)=O)C1. The van der Waals surface area contributed by atoms with Crippen molar-refractivity contribution in [1.29, 1.82) is 0 Å². The molecule has 20 heavy (non-hydrogen) atoms. The Hall–Kier alpha value is -0.170. The maximum absolute atomic E-state index is 12.2. The molecule has 1 heterocycles. The maximum atomic E-state index is 12.2. The Kier molecular flexibility index (Phi) is 4.79. The molecule has 2 N–H and O–H groups in total. The van der Waals surface area contributed by atoms with E-state index in [-0.39, 0.29) is 10.8 Å². The van der Waals surface area contributed by atoms with E-state index in [4.69, 9.17) is 5.73 Å². The second kappa shape index (κ2) is 5.91. The van der Waals surface area contributed by atoms with E-state index >= 15 is 0 Å². The molecule has 3 unspecified atom stereocenters. The molecule has 5 nitrogen and oxygen atoms in total. The van der Waals surface area contributed by atoms with Gasteiger partial charge in [0.2, 0.25) is 0 Å². The highest BCUT2D eigenvalue weighted by Crippen LogP contribution is 2.40. The summed E-state index contributed by atoms with van der Waals surface area (Å²) < 4.78 is 24.3. The number of nitrogens with zero attached hydrogens (tertiary/aromatic N) is 2. The lowest BCUT2D eigenvalue weighted by molar-refractivity contribution is 0.0435. The largest absolute Gasteiger partial charge is 0.329 e. The van der Waals surface area contributed by atoms with Crippen molar-refractivity contribution in [3.05, 3.63) is 0 Å². The summed E-state index contributed by atoms with van der Waals surface area (Å²) in [4.78, 5) is 4.64. The minimum atomic E-state index is -3.05. The van der Waals surface area contributed by atoms with Gasteiger partial charge in [-0.1, -0.05) is 6.42 Å². The quantitative estimate of drug-likeness (QED) is 0.809. The first kappa shape index (κ1) is 16.2. The van der Waals surface area contributed by atoms with Crippen molar-refractivity contribution in [1.82, 2.24) is 9.80 Å². The highest BCUT2D eigenvalue weighted by molar-refractivity contribution is 7.91. The molecular weight excluding hydrogens is 274 g/mol. The smallest absolute Gasteiger partial charge is 0.152 e. The fraction of sp³-hybridized carbons (Fsp3) is 1.00. The van der Waals surface area contributed by atoms with Crippen LogP contribution >= 0.6 is 0 Å². The van der Waals surface area contributed by atoms with Gasteiger partial charge >= 0.3 is 0 Å². The second-order valence-corrected chi connectivity index (χ2v) is 8.92. The van der Waals surface area contributed by atoms with Crippen LogP contribution < -0.4 is 5.73 Å². The van der Waals surface area contributed by atoms with Gasteiger partial charge in [0.1, 0.15) is 0 Å². The van der Waals surface area contributed by atoms with Crippen LogP contribution in [0.25, 0.3) is 0 Å². The molecule has 2 fully saturated rings. The molecule has 6 heteroatoms. The predicted octanol–water partition coefficient (Wildman–Crippen LogP) is 0.307. The van der Waals surface area contributed by atoms with E-state index in [1.165, 1.54) is 12.7 Å². The molecule has 0 radical (unpaired) electrons. The summed E-state index contributed by atoms with van der Waals surface area (Å²) in [5.74, 6) is 0. The normalized spacial score (nSPS) is 36.6. The van der Waals surface area contributed by atoms with Gasteiger partial charge in [0.25, 0.3) is 0 Å². The third kappa shape index (κ3) is 2.89. The van der Waals surface area contributed by atoms with Gasteiger partial charge in [0.05, 0.1) is 5.25 Å². The van der Waals surface area contributed by atoms with E-state index in [1.54, 1.807) is 0 Å². The number of likely N-dealkylation sites (N-methyl/N-ethyl adjacent to an activating group) is 2. The first-order valence-electron chi connectivity index (χ1n) is 7.61. The van der Waals surface area contributed by atoms with E-state index < -0.39 is 9.84 Å². The molecule has 1 saturated heterocycles. The van der Waals surface area contributed by atoms with Crippen LogP contribution in [0.3, 0.4) is 0 Å². The lowest BCUT2D eigenvalue weighted by atomic mass is 9.91. The van der Waals surface area contributed by atoms with Crippen molar-refractivity contribution in [2.45, 2.75) is 48.9 Å². The lowest BCUT2D eigenvalue weighted by Crippen LogP contribution is -2.64. The van der Waals surface area contributed by atoms with Crippen LogP contribution in [0, 0.1) is 0 Å². The van der Waals surface area contributed by atoms with Gasteiger partial charge in [-0.25, -0.2) is 8.42 Å². The summed E-state index contributed by atoms with van der Waals surface area (Å²) in [6.45, 7) is 2.58. The van der Waals surface area contributed by atoms with Crippen LogP contribution in [0.5, 0.6) is 0 Å². The second-order valence-electron chi connectivity index (χ2n) is 6.69. The standard InChI is InChI=1S/C14H29N3O2S/c1-16-9-5-6-12(10-16)17(2)14(11-15)8-4-7-13(14)20(3,18)19/h12-13H,4-11,15H2,1-3H3. The minimum absolute atomic E-state index is 0.308. The van der Waals surface area contributed by atoms with Crippen molar-refractivity contribution in [3.63, 3.8) is 0 Å². The number of hydrogen-bond acceptors (Lipinski definition) is 5. The molecule has 118 valence electrons. The molecule has 0 amide bonds. The van der Waals surface area contributed by atoms with Gasteiger partial charge in [-0.05, 0) is 46.3 Å². The number of sulfone groups is 1. The van der Waals surface area contributed by atoms with Gasteiger partial charge in [-0.3, -0.25) is 4.90 Å². The summed E-state index contributed by atoms with van der Waals surface area (Å²) in [6, 6.07) is 0.416. The zero-order valence-electron chi connectivity index (χ0n) is 13.0. The number of rotatable bonds is 4. The average Bonchev–Trinajstić information content (AvgIpc) is 2.83. The van der Waals surface area contributed by atoms with Gasteiger partial charge in [-0.2, -0.15) is 0 Å². The van der Waals surface area contributed by atoms with Crippen LogP contribution in [-0.4, -0.2) is 75.0 Å². The Labute approximate surface area is 123 Å².